The summed E-state index contributed by atoms with van der Waals surface area (Å²) in [6.45, 7) is 3.40. The molecule has 0 aromatic heterocycles. The standard InChI is InChI=1S/C7H15FOS2Si/c1-10-7(9)11-5-4-6-12(2,3)8/h4-6H2,1-3H3. The van der Waals surface area contributed by atoms with E-state index in [1.165, 1.54) is 23.5 Å². The van der Waals surface area contributed by atoms with Crippen molar-refractivity contribution in [3.8, 4) is 0 Å². The summed E-state index contributed by atoms with van der Waals surface area (Å²) >= 11 is 2.52. The SMILES string of the molecule is CSC(=O)SCCC[Si](C)(C)F. The summed E-state index contributed by atoms with van der Waals surface area (Å²) in [6, 6.07) is 0.668. The van der Waals surface area contributed by atoms with Gasteiger partial charge in [-0.05, 0) is 31.8 Å². The summed E-state index contributed by atoms with van der Waals surface area (Å²) < 4.78 is 13.2. The number of halogens is 1. The molecule has 0 aliphatic carbocycles. The molecular formula is C7H15FOS2Si. The molecular weight excluding hydrogens is 211 g/mol. The molecule has 0 aromatic carbocycles. The number of hydrogen-bond donors (Lipinski definition) is 0. The van der Waals surface area contributed by atoms with Crippen LogP contribution in [0.2, 0.25) is 19.1 Å². The zero-order valence-electron chi connectivity index (χ0n) is 7.72. The van der Waals surface area contributed by atoms with Crippen molar-refractivity contribution in [3.05, 3.63) is 0 Å². The maximum atomic E-state index is 13.0. The van der Waals surface area contributed by atoms with Gasteiger partial charge in [0.15, 0.2) is 0 Å². The lowest BCUT2D eigenvalue weighted by Crippen LogP contribution is -2.17. The number of carbonyl (C=O) groups is 1. The minimum Gasteiger partial charge on any atom is -0.314 e. The normalized spacial score (nSPS) is 11.7. The van der Waals surface area contributed by atoms with E-state index in [1.807, 2.05) is 0 Å². The molecule has 0 aromatic rings. The van der Waals surface area contributed by atoms with E-state index in [4.69, 9.17) is 0 Å². The molecule has 0 saturated heterocycles. The topological polar surface area (TPSA) is 17.1 Å². The molecule has 0 bridgehead atoms. The predicted molar refractivity (Wildman–Crippen MR) is 59.4 cm³/mol. The van der Waals surface area contributed by atoms with Gasteiger partial charge >= 0.3 is 0 Å². The summed E-state index contributed by atoms with van der Waals surface area (Å²) in [7, 11) is -2.37. The van der Waals surface area contributed by atoms with E-state index in [1.54, 1.807) is 19.3 Å². The van der Waals surface area contributed by atoms with Gasteiger partial charge in [-0.1, -0.05) is 23.5 Å². The Morgan fingerprint density at radius 1 is 1.50 bits per heavy atom. The minimum atomic E-state index is -2.37. The maximum Gasteiger partial charge on any atom is 0.245 e. The lowest BCUT2D eigenvalue weighted by molar-refractivity contribution is 0.276. The van der Waals surface area contributed by atoms with Crippen molar-refractivity contribution in [2.75, 3.05) is 12.0 Å². The molecule has 0 saturated carbocycles. The second-order valence-corrected chi connectivity index (χ2v) is 9.17. The molecule has 0 aliphatic heterocycles. The maximum absolute atomic E-state index is 13.0. The van der Waals surface area contributed by atoms with E-state index in [2.05, 4.69) is 0 Å². The van der Waals surface area contributed by atoms with E-state index in [0.29, 0.717) is 6.04 Å². The van der Waals surface area contributed by atoms with Gasteiger partial charge in [-0.3, -0.25) is 4.79 Å². The quantitative estimate of drug-likeness (QED) is 0.413. The van der Waals surface area contributed by atoms with Gasteiger partial charge in [-0.2, -0.15) is 0 Å². The first-order valence-electron chi connectivity index (χ1n) is 3.85. The summed E-state index contributed by atoms with van der Waals surface area (Å²) in [5, 5.41) is 0. The fraction of sp³-hybridized carbons (Fsp3) is 0.857. The summed E-state index contributed by atoms with van der Waals surface area (Å²) in [5.74, 6) is 0.764. The van der Waals surface area contributed by atoms with Gasteiger partial charge in [-0.25, -0.2) is 0 Å². The second-order valence-electron chi connectivity index (χ2n) is 3.12. The van der Waals surface area contributed by atoms with Crippen molar-refractivity contribution in [1.82, 2.24) is 0 Å². The van der Waals surface area contributed by atoms with Crippen molar-refractivity contribution >= 4 is 36.4 Å². The Morgan fingerprint density at radius 3 is 2.50 bits per heavy atom. The first-order valence-corrected chi connectivity index (χ1v) is 9.15. The van der Waals surface area contributed by atoms with E-state index in [9.17, 15) is 8.90 Å². The van der Waals surface area contributed by atoms with Crippen LogP contribution in [-0.2, 0) is 0 Å². The third-order valence-corrected chi connectivity index (χ3v) is 4.76. The van der Waals surface area contributed by atoms with Crippen LogP contribution in [0.5, 0.6) is 0 Å². The Hall–Kier alpha value is 0.517. The molecule has 1 nitrogen and oxygen atoms in total. The Bertz CT molecular complexity index is 147. The lowest BCUT2D eigenvalue weighted by atomic mass is 10.6. The highest BCUT2D eigenvalue weighted by atomic mass is 32.2. The van der Waals surface area contributed by atoms with Gasteiger partial charge in [0.2, 0.25) is 12.9 Å². The van der Waals surface area contributed by atoms with Crippen molar-refractivity contribution < 1.29 is 8.90 Å². The zero-order chi connectivity index (χ0) is 9.61. The average molecular weight is 226 g/mol. The van der Waals surface area contributed by atoms with Crippen LogP contribution in [-0.4, -0.2) is 24.9 Å². The van der Waals surface area contributed by atoms with Crippen molar-refractivity contribution in [2.24, 2.45) is 0 Å². The van der Waals surface area contributed by atoms with Crippen LogP contribution < -0.4 is 0 Å². The minimum absolute atomic E-state index is 0.133. The van der Waals surface area contributed by atoms with Gasteiger partial charge in [0.05, 0.1) is 0 Å². The first-order chi connectivity index (χ1) is 5.45. The predicted octanol–water partition coefficient (Wildman–Crippen LogP) is 3.77. The largest absolute Gasteiger partial charge is 0.314 e. The molecule has 0 fully saturated rings. The molecule has 12 heavy (non-hydrogen) atoms. The van der Waals surface area contributed by atoms with Gasteiger partial charge in [0, 0.05) is 5.75 Å². The van der Waals surface area contributed by atoms with Crippen LogP contribution in [0.15, 0.2) is 0 Å². The molecule has 0 atom stereocenters. The smallest absolute Gasteiger partial charge is 0.245 e. The van der Waals surface area contributed by atoms with Crippen LogP contribution in [0.4, 0.5) is 8.90 Å². The van der Waals surface area contributed by atoms with Crippen molar-refractivity contribution in [1.29, 1.82) is 0 Å². The van der Waals surface area contributed by atoms with E-state index in [-0.39, 0.29) is 4.45 Å². The van der Waals surface area contributed by atoms with Crippen molar-refractivity contribution in [3.63, 3.8) is 0 Å². The van der Waals surface area contributed by atoms with Crippen LogP contribution in [0.25, 0.3) is 0 Å². The Labute approximate surface area is 83.1 Å². The van der Waals surface area contributed by atoms with Crippen LogP contribution >= 0.6 is 23.5 Å². The Balaban J connectivity index is 3.28. The van der Waals surface area contributed by atoms with Gasteiger partial charge < -0.3 is 4.11 Å². The lowest BCUT2D eigenvalue weighted by Gasteiger charge is -2.08. The molecule has 0 heterocycles. The number of hydrogen-bond acceptors (Lipinski definition) is 3. The number of thioether (sulfide) groups is 2. The van der Waals surface area contributed by atoms with Crippen LogP contribution in [0, 0.1) is 0 Å². The Morgan fingerprint density at radius 2 is 2.08 bits per heavy atom. The highest BCUT2D eigenvalue weighted by Gasteiger charge is 2.19. The molecule has 0 spiro atoms. The van der Waals surface area contributed by atoms with Gasteiger partial charge in [0.1, 0.15) is 0 Å². The third-order valence-electron chi connectivity index (χ3n) is 1.30. The zero-order valence-corrected chi connectivity index (χ0v) is 10.4. The third kappa shape index (κ3) is 8.61. The van der Waals surface area contributed by atoms with Crippen LogP contribution in [0.3, 0.4) is 0 Å². The van der Waals surface area contributed by atoms with Crippen molar-refractivity contribution in [2.45, 2.75) is 25.6 Å². The van der Waals surface area contributed by atoms with Gasteiger partial charge in [-0.15, -0.1) is 0 Å². The molecule has 0 radical (unpaired) electrons. The second kappa shape index (κ2) is 6.04. The summed E-state index contributed by atoms with van der Waals surface area (Å²) in [6.07, 6.45) is 2.59. The summed E-state index contributed by atoms with van der Waals surface area (Å²) in [5.41, 5.74) is 0. The average Bonchev–Trinajstić information content (AvgIpc) is 1.96. The Kier molecular flexibility index (Phi) is 6.30. The monoisotopic (exact) mass is 226 g/mol. The van der Waals surface area contributed by atoms with E-state index in [0.717, 1.165) is 12.2 Å². The van der Waals surface area contributed by atoms with E-state index >= 15 is 0 Å². The van der Waals surface area contributed by atoms with E-state index < -0.39 is 8.41 Å². The molecule has 5 heteroatoms. The molecule has 0 unspecified atom stereocenters. The van der Waals surface area contributed by atoms with Gasteiger partial charge in [0.25, 0.3) is 0 Å². The molecule has 0 amide bonds. The molecule has 0 N–H and O–H groups in total. The first kappa shape index (κ1) is 12.5. The fourth-order valence-electron chi connectivity index (χ4n) is 0.707. The molecule has 72 valence electrons. The number of carbonyl (C=O) groups excluding carboxylic acids is 1. The highest BCUT2D eigenvalue weighted by Crippen LogP contribution is 2.19. The molecule has 0 rings (SSSR count). The fourth-order valence-corrected chi connectivity index (χ4v) is 3.16. The summed E-state index contributed by atoms with van der Waals surface area (Å²) in [4.78, 5) is 10.8. The van der Waals surface area contributed by atoms with Crippen LogP contribution in [0.1, 0.15) is 6.42 Å². The number of rotatable bonds is 4. The highest BCUT2D eigenvalue weighted by molar-refractivity contribution is 8.38. The molecule has 0 aliphatic rings.